The molecular formula is C19H22O. The molecule has 0 saturated heterocycles. The van der Waals surface area contributed by atoms with Crippen molar-refractivity contribution in [1.82, 2.24) is 0 Å². The van der Waals surface area contributed by atoms with Crippen LogP contribution in [0.25, 0.3) is 0 Å². The second kappa shape index (κ2) is 5.70. The molecule has 0 radical (unpaired) electrons. The molecule has 1 heteroatoms. The average Bonchev–Trinajstić information content (AvgIpc) is 2.45. The third kappa shape index (κ3) is 3.04. The Bertz CT molecular complexity index is 567. The lowest BCUT2D eigenvalue weighted by atomic mass is 9.93. The zero-order chi connectivity index (χ0) is 13.9. The maximum Gasteiger partial charge on any atom is 0.122 e. The van der Waals surface area contributed by atoms with Crippen LogP contribution in [0.3, 0.4) is 0 Å². The van der Waals surface area contributed by atoms with E-state index in [4.69, 9.17) is 4.74 Å². The summed E-state index contributed by atoms with van der Waals surface area (Å²) in [6.45, 7) is 5.18. The first-order valence-electron chi connectivity index (χ1n) is 7.53. The molecule has 0 bridgehead atoms. The van der Waals surface area contributed by atoms with Gasteiger partial charge >= 0.3 is 0 Å². The van der Waals surface area contributed by atoms with Gasteiger partial charge in [0.25, 0.3) is 0 Å². The maximum absolute atomic E-state index is 5.84. The van der Waals surface area contributed by atoms with Crippen LogP contribution in [-0.4, -0.2) is 6.61 Å². The SMILES string of the molecule is CC1C=C(/C=C/C2=CC3=CC(C)CC=C3OC2)C=CC1. The second-order valence-electron chi connectivity index (χ2n) is 6.03. The molecule has 0 amide bonds. The molecule has 0 saturated carbocycles. The lowest BCUT2D eigenvalue weighted by Gasteiger charge is -2.23. The highest BCUT2D eigenvalue weighted by Crippen LogP contribution is 2.29. The van der Waals surface area contributed by atoms with E-state index in [1.807, 2.05) is 0 Å². The molecule has 1 aliphatic heterocycles. The van der Waals surface area contributed by atoms with E-state index in [0.717, 1.165) is 18.6 Å². The fraction of sp³-hybridized carbons (Fsp3) is 0.368. The van der Waals surface area contributed by atoms with Gasteiger partial charge in [-0.2, -0.15) is 0 Å². The molecule has 2 aliphatic carbocycles. The third-order valence-corrected chi connectivity index (χ3v) is 3.94. The third-order valence-electron chi connectivity index (χ3n) is 3.94. The molecule has 1 nitrogen and oxygen atoms in total. The van der Waals surface area contributed by atoms with E-state index < -0.39 is 0 Å². The van der Waals surface area contributed by atoms with Gasteiger partial charge in [0.1, 0.15) is 12.4 Å². The van der Waals surface area contributed by atoms with Crippen LogP contribution in [0, 0.1) is 11.8 Å². The van der Waals surface area contributed by atoms with Gasteiger partial charge in [-0.05, 0) is 48.0 Å². The van der Waals surface area contributed by atoms with Crippen LogP contribution >= 0.6 is 0 Å². The highest BCUT2D eigenvalue weighted by atomic mass is 16.5. The molecule has 0 aromatic carbocycles. The van der Waals surface area contributed by atoms with Crippen molar-refractivity contribution >= 4 is 0 Å². The molecule has 3 rings (SSSR count). The minimum absolute atomic E-state index is 0.613. The van der Waals surface area contributed by atoms with Gasteiger partial charge in [0.2, 0.25) is 0 Å². The van der Waals surface area contributed by atoms with Crippen molar-refractivity contribution in [3.05, 3.63) is 71.1 Å². The van der Waals surface area contributed by atoms with Gasteiger partial charge in [0.05, 0.1) is 0 Å². The summed E-state index contributed by atoms with van der Waals surface area (Å²) in [5.74, 6) is 2.32. The van der Waals surface area contributed by atoms with Crippen molar-refractivity contribution in [1.29, 1.82) is 0 Å². The number of ether oxygens (including phenoxy) is 1. The molecule has 0 spiro atoms. The van der Waals surface area contributed by atoms with Crippen LogP contribution < -0.4 is 0 Å². The van der Waals surface area contributed by atoms with Crippen LogP contribution in [0.1, 0.15) is 26.7 Å². The molecule has 1 heterocycles. The first-order chi connectivity index (χ1) is 9.70. The molecule has 2 atom stereocenters. The van der Waals surface area contributed by atoms with Crippen LogP contribution in [0.5, 0.6) is 0 Å². The molecule has 104 valence electrons. The minimum Gasteiger partial charge on any atom is -0.489 e. The van der Waals surface area contributed by atoms with Crippen molar-refractivity contribution in [2.24, 2.45) is 11.8 Å². The molecular weight excluding hydrogens is 244 g/mol. The zero-order valence-electron chi connectivity index (χ0n) is 12.3. The van der Waals surface area contributed by atoms with Crippen LogP contribution in [0.4, 0.5) is 0 Å². The van der Waals surface area contributed by atoms with Crippen molar-refractivity contribution in [3.8, 4) is 0 Å². The quantitative estimate of drug-likeness (QED) is 0.692. The molecule has 20 heavy (non-hydrogen) atoms. The summed E-state index contributed by atoms with van der Waals surface area (Å²) in [6, 6.07) is 0. The first-order valence-corrected chi connectivity index (χ1v) is 7.53. The Kier molecular flexibility index (Phi) is 3.77. The summed E-state index contributed by atoms with van der Waals surface area (Å²) in [7, 11) is 0. The monoisotopic (exact) mass is 266 g/mol. The summed E-state index contributed by atoms with van der Waals surface area (Å²) in [4.78, 5) is 0. The smallest absolute Gasteiger partial charge is 0.122 e. The predicted molar refractivity (Wildman–Crippen MR) is 84.1 cm³/mol. The summed E-state index contributed by atoms with van der Waals surface area (Å²) in [6.07, 6.45) is 20.2. The average molecular weight is 266 g/mol. The van der Waals surface area contributed by atoms with Crippen molar-refractivity contribution in [3.63, 3.8) is 0 Å². The van der Waals surface area contributed by atoms with Crippen molar-refractivity contribution in [2.75, 3.05) is 6.61 Å². The lowest BCUT2D eigenvalue weighted by molar-refractivity contribution is 0.241. The normalized spacial score (nSPS) is 29.1. The van der Waals surface area contributed by atoms with Crippen LogP contribution in [-0.2, 0) is 4.74 Å². The number of fused-ring (bicyclic) bond motifs is 1. The molecule has 3 aliphatic rings. The van der Waals surface area contributed by atoms with E-state index in [1.165, 1.54) is 16.7 Å². The molecule has 0 aromatic rings. The van der Waals surface area contributed by atoms with Gasteiger partial charge in [-0.25, -0.2) is 0 Å². The highest BCUT2D eigenvalue weighted by molar-refractivity contribution is 5.47. The van der Waals surface area contributed by atoms with E-state index in [9.17, 15) is 0 Å². The van der Waals surface area contributed by atoms with E-state index in [1.54, 1.807) is 0 Å². The van der Waals surface area contributed by atoms with Gasteiger partial charge in [-0.1, -0.05) is 50.3 Å². The van der Waals surface area contributed by atoms with Gasteiger partial charge in [0, 0.05) is 5.57 Å². The maximum atomic E-state index is 5.84. The summed E-state index contributed by atoms with van der Waals surface area (Å²) >= 11 is 0. The standard InChI is InChI=1S/C19H22O/c1-14-4-3-5-16(10-14)7-8-17-12-18-11-15(2)6-9-19(18)20-13-17/h3,5,7-12,14-15H,4,6,13H2,1-2H3/b8-7+. The Hall–Kier alpha value is -1.76. The summed E-state index contributed by atoms with van der Waals surface area (Å²) in [5, 5.41) is 0. The topological polar surface area (TPSA) is 9.23 Å². The van der Waals surface area contributed by atoms with E-state index in [2.05, 4.69) is 62.5 Å². The predicted octanol–water partition coefficient (Wildman–Crippen LogP) is 4.87. The Labute approximate surface area is 121 Å². The van der Waals surface area contributed by atoms with Crippen LogP contribution in [0.15, 0.2) is 71.1 Å². The van der Waals surface area contributed by atoms with E-state index >= 15 is 0 Å². The minimum atomic E-state index is 0.613. The Balaban J connectivity index is 1.75. The largest absolute Gasteiger partial charge is 0.489 e. The van der Waals surface area contributed by atoms with Crippen LogP contribution in [0.2, 0.25) is 0 Å². The fourth-order valence-electron chi connectivity index (χ4n) is 2.81. The molecule has 0 aromatic heterocycles. The molecule has 0 fully saturated rings. The van der Waals surface area contributed by atoms with Gasteiger partial charge in [-0.3, -0.25) is 0 Å². The highest BCUT2D eigenvalue weighted by Gasteiger charge is 2.17. The first kappa shape index (κ1) is 13.2. The Morgan fingerprint density at radius 2 is 1.95 bits per heavy atom. The van der Waals surface area contributed by atoms with E-state index in [0.29, 0.717) is 18.4 Å². The molecule has 2 unspecified atom stereocenters. The van der Waals surface area contributed by atoms with Gasteiger partial charge in [0.15, 0.2) is 0 Å². The van der Waals surface area contributed by atoms with E-state index in [-0.39, 0.29) is 0 Å². The lowest BCUT2D eigenvalue weighted by Crippen LogP contribution is -2.10. The summed E-state index contributed by atoms with van der Waals surface area (Å²) in [5.41, 5.74) is 3.79. The van der Waals surface area contributed by atoms with Crippen molar-refractivity contribution in [2.45, 2.75) is 26.7 Å². The molecule has 0 N–H and O–H groups in total. The van der Waals surface area contributed by atoms with Gasteiger partial charge in [-0.15, -0.1) is 0 Å². The Morgan fingerprint density at radius 3 is 2.80 bits per heavy atom. The van der Waals surface area contributed by atoms with Crippen molar-refractivity contribution < 1.29 is 4.74 Å². The Morgan fingerprint density at radius 1 is 1.10 bits per heavy atom. The zero-order valence-corrected chi connectivity index (χ0v) is 12.3. The number of hydrogen-bond acceptors (Lipinski definition) is 1. The number of rotatable bonds is 2. The number of hydrogen-bond donors (Lipinski definition) is 0. The number of allylic oxidation sites excluding steroid dienone is 8. The fourth-order valence-corrected chi connectivity index (χ4v) is 2.81. The second-order valence-corrected chi connectivity index (χ2v) is 6.03. The van der Waals surface area contributed by atoms with Gasteiger partial charge < -0.3 is 4.74 Å². The summed E-state index contributed by atoms with van der Waals surface area (Å²) < 4.78 is 5.84.